The van der Waals surface area contributed by atoms with Crippen molar-refractivity contribution in [3.63, 3.8) is 0 Å². The van der Waals surface area contributed by atoms with Gasteiger partial charge in [-0.25, -0.2) is 4.39 Å². The summed E-state index contributed by atoms with van der Waals surface area (Å²) in [4.78, 5) is 4.78. The summed E-state index contributed by atoms with van der Waals surface area (Å²) in [5, 5.41) is 3.50. The Morgan fingerprint density at radius 2 is 2.05 bits per heavy atom. The summed E-state index contributed by atoms with van der Waals surface area (Å²) in [6, 6.07) is 5.88. The lowest BCUT2D eigenvalue weighted by molar-refractivity contribution is 0.360. The third-order valence-electron chi connectivity index (χ3n) is 4.26. The van der Waals surface area contributed by atoms with Crippen LogP contribution in [0.3, 0.4) is 0 Å². The van der Waals surface area contributed by atoms with Crippen LogP contribution in [-0.2, 0) is 6.54 Å². The minimum atomic E-state index is -0.131. The van der Waals surface area contributed by atoms with Crippen molar-refractivity contribution in [3.05, 3.63) is 29.6 Å². The van der Waals surface area contributed by atoms with Crippen molar-refractivity contribution in [2.24, 2.45) is 0 Å². The summed E-state index contributed by atoms with van der Waals surface area (Å²) in [5.41, 5.74) is 2.30. The maximum Gasteiger partial charge on any atom is 0.123 e. The topological polar surface area (TPSA) is 18.5 Å². The van der Waals surface area contributed by atoms with Crippen LogP contribution >= 0.6 is 0 Å². The molecular weight excluding hydrogens is 253 g/mol. The Balaban J connectivity index is 1.75. The summed E-state index contributed by atoms with van der Waals surface area (Å²) >= 11 is 0. The van der Waals surface area contributed by atoms with Gasteiger partial charge in [-0.3, -0.25) is 0 Å². The van der Waals surface area contributed by atoms with Crippen LogP contribution in [0.25, 0.3) is 0 Å². The van der Waals surface area contributed by atoms with E-state index in [1.165, 1.54) is 24.9 Å². The zero-order valence-corrected chi connectivity index (χ0v) is 12.2. The van der Waals surface area contributed by atoms with Gasteiger partial charge in [0.15, 0.2) is 0 Å². The van der Waals surface area contributed by atoms with Crippen LogP contribution < -0.4 is 10.2 Å². The summed E-state index contributed by atoms with van der Waals surface area (Å²) in [6.45, 7) is 5.09. The van der Waals surface area contributed by atoms with Crippen molar-refractivity contribution in [1.29, 1.82) is 0 Å². The maximum absolute atomic E-state index is 13.5. The molecule has 1 N–H and O–H groups in total. The van der Waals surface area contributed by atoms with Crippen LogP contribution in [0, 0.1) is 5.82 Å². The van der Waals surface area contributed by atoms with Crippen LogP contribution in [0.1, 0.15) is 24.8 Å². The zero-order chi connectivity index (χ0) is 13.9. The molecule has 0 radical (unpaired) electrons. The number of hydrogen-bond acceptors (Lipinski definition) is 3. The average molecular weight is 277 g/mol. The second-order valence-electron chi connectivity index (χ2n) is 6.07. The Bertz CT molecular complexity index is 459. The molecule has 1 heterocycles. The Morgan fingerprint density at radius 3 is 2.85 bits per heavy atom. The largest absolute Gasteiger partial charge is 0.370 e. The van der Waals surface area contributed by atoms with Crippen molar-refractivity contribution >= 4 is 5.69 Å². The van der Waals surface area contributed by atoms with E-state index in [4.69, 9.17) is 0 Å². The van der Waals surface area contributed by atoms with Gasteiger partial charge in [0.1, 0.15) is 5.82 Å². The van der Waals surface area contributed by atoms with Gasteiger partial charge in [-0.2, -0.15) is 0 Å². The van der Waals surface area contributed by atoms with Gasteiger partial charge in [0.25, 0.3) is 0 Å². The Hall–Kier alpha value is -1.13. The standard InChI is InChI=1S/C16H24FN3/c1-19-7-2-8-20(10-9-19)16-6-3-14(17)11-13(16)12-18-15-4-5-15/h3,6,11,15,18H,2,4-5,7-10,12H2,1H3. The maximum atomic E-state index is 13.5. The number of nitrogens with zero attached hydrogens (tertiary/aromatic N) is 2. The van der Waals surface area contributed by atoms with E-state index in [1.54, 1.807) is 12.1 Å². The molecule has 110 valence electrons. The molecule has 3 nitrogen and oxygen atoms in total. The first kappa shape index (κ1) is 13.8. The monoisotopic (exact) mass is 277 g/mol. The van der Waals surface area contributed by atoms with Gasteiger partial charge in [-0.15, -0.1) is 0 Å². The Morgan fingerprint density at radius 1 is 1.20 bits per heavy atom. The molecule has 1 saturated heterocycles. The lowest BCUT2D eigenvalue weighted by Gasteiger charge is -2.26. The molecule has 3 rings (SSSR count). The van der Waals surface area contributed by atoms with Crippen molar-refractivity contribution in [2.45, 2.75) is 31.8 Å². The van der Waals surface area contributed by atoms with E-state index in [0.717, 1.165) is 38.3 Å². The van der Waals surface area contributed by atoms with Gasteiger partial charge in [0.2, 0.25) is 0 Å². The summed E-state index contributed by atoms with van der Waals surface area (Å²) in [6.07, 6.45) is 3.70. The smallest absolute Gasteiger partial charge is 0.123 e. The zero-order valence-electron chi connectivity index (χ0n) is 12.2. The number of halogens is 1. The average Bonchev–Trinajstić information content (AvgIpc) is 3.25. The van der Waals surface area contributed by atoms with E-state index < -0.39 is 0 Å². The highest BCUT2D eigenvalue weighted by atomic mass is 19.1. The minimum absolute atomic E-state index is 0.131. The molecule has 20 heavy (non-hydrogen) atoms. The van der Waals surface area contributed by atoms with Crippen molar-refractivity contribution in [3.8, 4) is 0 Å². The molecule has 0 amide bonds. The Labute approximate surface area is 120 Å². The van der Waals surface area contributed by atoms with Crippen molar-refractivity contribution in [1.82, 2.24) is 10.2 Å². The molecule has 1 aromatic carbocycles. The van der Waals surface area contributed by atoms with Crippen LogP contribution in [0.5, 0.6) is 0 Å². The van der Waals surface area contributed by atoms with Gasteiger partial charge in [0, 0.05) is 37.9 Å². The molecule has 2 fully saturated rings. The van der Waals surface area contributed by atoms with Gasteiger partial charge in [-0.05, 0) is 56.6 Å². The first-order valence-electron chi connectivity index (χ1n) is 7.68. The van der Waals surface area contributed by atoms with Crippen LogP contribution in [0.2, 0.25) is 0 Å². The third kappa shape index (κ3) is 3.49. The highest BCUT2D eigenvalue weighted by Gasteiger charge is 2.22. The number of rotatable bonds is 4. The lowest BCUT2D eigenvalue weighted by atomic mass is 10.1. The second-order valence-corrected chi connectivity index (χ2v) is 6.07. The van der Waals surface area contributed by atoms with Gasteiger partial charge < -0.3 is 15.1 Å². The molecule has 1 aliphatic carbocycles. The fourth-order valence-electron chi connectivity index (χ4n) is 2.83. The summed E-state index contributed by atoms with van der Waals surface area (Å²) in [5.74, 6) is -0.131. The van der Waals surface area contributed by atoms with E-state index in [1.807, 2.05) is 6.07 Å². The predicted octanol–water partition coefficient (Wildman–Crippen LogP) is 2.22. The molecule has 0 bridgehead atoms. The van der Waals surface area contributed by atoms with Gasteiger partial charge in [0.05, 0.1) is 0 Å². The van der Waals surface area contributed by atoms with Crippen molar-refractivity contribution in [2.75, 3.05) is 38.1 Å². The second kappa shape index (κ2) is 6.10. The fourth-order valence-corrected chi connectivity index (χ4v) is 2.83. The molecule has 1 aliphatic heterocycles. The fraction of sp³-hybridized carbons (Fsp3) is 0.625. The van der Waals surface area contributed by atoms with Gasteiger partial charge >= 0.3 is 0 Å². The minimum Gasteiger partial charge on any atom is -0.370 e. The molecule has 1 saturated carbocycles. The lowest BCUT2D eigenvalue weighted by Crippen LogP contribution is -2.30. The Kier molecular flexibility index (Phi) is 4.22. The number of hydrogen-bond donors (Lipinski definition) is 1. The summed E-state index contributed by atoms with van der Waals surface area (Å²) < 4.78 is 13.5. The molecule has 2 aliphatic rings. The number of benzene rings is 1. The number of anilines is 1. The van der Waals surface area contributed by atoms with E-state index in [9.17, 15) is 4.39 Å². The van der Waals surface area contributed by atoms with Crippen molar-refractivity contribution < 1.29 is 4.39 Å². The van der Waals surface area contributed by atoms with E-state index in [2.05, 4.69) is 22.2 Å². The SMILES string of the molecule is CN1CCCN(c2ccc(F)cc2CNC2CC2)CC1. The molecule has 1 aromatic rings. The quantitative estimate of drug-likeness (QED) is 0.910. The molecule has 0 atom stereocenters. The first-order chi connectivity index (χ1) is 9.72. The molecular formula is C16H24FN3. The molecule has 0 spiro atoms. The highest BCUT2D eigenvalue weighted by molar-refractivity contribution is 5.54. The highest BCUT2D eigenvalue weighted by Crippen LogP contribution is 2.25. The number of nitrogens with one attached hydrogen (secondary N) is 1. The number of likely N-dealkylation sites (N-methyl/N-ethyl adjacent to an activating group) is 1. The first-order valence-corrected chi connectivity index (χ1v) is 7.68. The predicted molar refractivity (Wildman–Crippen MR) is 80.6 cm³/mol. The van der Waals surface area contributed by atoms with Gasteiger partial charge in [-0.1, -0.05) is 0 Å². The molecule has 4 heteroatoms. The normalized spacial score (nSPS) is 21.0. The summed E-state index contributed by atoms with van der Waals surface area (Å²) in [7, 11) is 2.17. The van der Waals surface area contributed by atoms with Crippen LogP contribution in [0.4, 0.5) is 10.1 Å². The van der Waals surface area contributed by atoms with E-state index >= 15 is 0 Å². The van der Waals surface area contributed by atoms with Crippen LogP contribution in [0.15, 0.2) is 18.2 Å². The van der Waals surface area contributed by atoms with Crippen LogP contribution in [-0.4, -0.2) is 44.2 Å². The van der Waals surface area contributed by atoms with E-state index in [0.29, 0.717) is 6.04 Å². The van der Waals surface area contributed by atoms with E-state index in [-0.39, 0.29) is 5.82 Å². The molecule has 0 aromatic heterocycles. The third-order valence-corrected chi connectivity index (χ3v) is 4.26. The molecule has 0 unspecified atom stereocenters.